The third-order valence-electron chi connectivity index (χ3n) is 2.31. The summed E-state index contributed by atoms with van der Waals surface area (Å²) < 4.78 is 0. The fourth-order valence-corrected chi connectivity index (χ4v) is 2.75. The van der Waals surface area contributed by atoms with Crippen LogP contribution in [0, 0.1) is 5.92 Å². The van der Waals surface area contributed by atoms with E-state index in [-0.39, 0.29) is 28.4 Å². The van der Waals surface area contributed by atoms with E-state index in [1.165, 1.54) is 12.3 Å². The first-order chi connectivity index (χ1) is 9.31. The molecule has 0 saturated carbocycles. The van der Waals surface area contributed by atoms with Crippen LogP contribution >= 0.6 is 35.0 Å². The van der Waals surface area contributed by atoms with Crippen LogP contribution in [-0.4, -0.2) is 33.0 Å². The molecule has 110 valence electrons. The van der Waals surface area contributed by atoms with Gasteiger partial charge in [0.2, 0.25) is 5.91 Å². The summed E-state index contributed by atoms with van der Waals surface area (Å²) in [5.41, 5.74) is 0. The molecule has 1 heterocycles. The molecule has 8 heteroatoms. The van der Waals surface area contributed by atoms with Gasteiger partial charge in [0.05, 0.1) is 15.8 Å². The zero-order valence-electron chi connectivity index (χ0n) is 10.9. The minimum Gasteiger partial charge on any atom is -0.480 e. The quantitative estimate of drug-likeness (QED) is 0.833. The molecule has 0 aliphatic carbocycles. The highest BCUT2D eigenvalue weighted by Crippen LogP contribution is 2.24. The zero-order chi connectivity index (χ0) is 15.3. The van der Waals surface area contributed by atoms with Crippen molar-refractivity contribution in [2.75, 3.05) is 11.1 Å². The number of carbonyl (C=O) groups excluding carboxylic acids is 1. The summed E-state index contributed by atoms with van der Waals surface area (Å²) in [6.45, 7) is 3.59. The molecule has 0 aliphatic rings. The maximum Gasteiger partial charge on any atom is 0.316 e. The minimum atomic E-state index is -0.930. The van der Waals surface area contributed by atoms with Gasteiger partial charge in [-0.3, -0.25) is 9.59 Å². The molecule has 1 atom stereocenters. The highest BCUT2D eigenvalue weighted by atomic mass is 35.5. The second-order valence-electron chi connectivity index (χ2n) is 4.35. The molecule has 1 amide bonds. The molecule has 5 nitrogen and oxygen atoms in total. The SMILES string of the molecule is CC(C)C(SCC(=O)Nc1ncc(Cl)cc1Cl)C(=O)O. The summed E-state index contributed by atoms with van der Waals surface area (Å²) in [5.74, 6) is -1.14. The monoisotopic (exact) mass is 336 g/mol. The Morgan fingerprint density at radius 2 is 2.10 bits per heavy atom. The summed E-state index contributed by atoms with van der Waals surface area (Å²) in [6, 6.07) is 1.47. The number of thioether (sulfide) groups is 1. The maximum absolute atomic E-state index is 11.7. The van der Waals surface area contributed by atoms with Crippen molar-refractivity contribution < 1.29 is 14.7 Å². The molecule has 1 rings (SSSR count). The van der Waals surface area contributed by atoms with E-state index in [4.69, 9.17) is 28.3 Å². The minimum absolute atomic E-state index is 0.00970. The molecular formula is C12H14Cl2N2O3S. The van der Waals surface area contributed by atoms with Gasteiger partial charge in [0, 0.05) is 6.20 Å². The smallest absolute Gasteiger partial charge is 0.316 e. The summed E-state index contributed by atoms with van der Waals surface area (Å²) >= 11 is 12.6. The van der Waals surface area contributed by atoms with Crippen LogP contribution in [0.4, 0.5) is 5.82 Å². The Kier molecular flexibility index (Phi) is 6.58. The Hall–Kier alpha value is -0.980. The van der Waals surface area contributed by atoms with Gasteiger partial charge in [-0.05, 0) is 12.0 Å². The molecule has 20 heavy (non-hydrogen) atoms. The first kappa shape index (κ1) is 17.1. The Bertz CT molecular complexity index is 511. The van der Waals surface area contributed by atoms with Gasteiger partial charge in [0.15, 0.2) is 5.82 Å². The van der Waals surface area contributed by atoms with Gasteiger partial charge in [-0.15, -0.1) is 11.8 Å². The third kappa shape index (κ3) is 5.19. The normalized spacial score (nSPS) is 12.2. The van der Waals surface area contributed by atoms with Gasteiger partial charge in [-0.25, -0.2) is 4.98 Å². The molecule has 1 unspecified atom stereocenters. The number of hydrogen-bond donors (Lipinski definition) is 2. The molecule has 0 saturated heterocycles. The maximum atomic E-state index is 11.7. The van der Waals surface area contributed by atoms with Gasteiger partial charge in [0.25, 0.3) is 0 Å². The average Bonchev–Trinajstić information content (AvgIpc) is 2.32. The van der Waals surface area contributed by atoms with E-state index in [0.717, 1.165) is 11.8 Å². The lowest BCUT2D eigenvalue weighted by Crippen LogP contribution is -2.25. The number of carboxylic acid groups (broad SMARTS) is 1. The predicted octanol–water partition coefficient (Wildman–Crippen LogP) is 3.17. The lowest BCUT2D eigenvalue weighted by molar-refractivity contribution is -0.137. The molecule has 1 aromatic rings. The molecule has 0 bridgehead atoms. The Labute approximate surface area is 131 Å². The van der Waals surface area contributed by atoms with E-state index in [2.05, 4.69) is 10.3 Å². The number of carboxylic acids is 1. The van der Waals surface area contributed by atoms with Crippen molar-refractivity contribution in [3.63, 3.8) is 0 Å². The highest BCUT2D eigenvalue weighted by molar-refractivity contribution is 8.01. The summed E-state index contributed by atoms with van der Waals surface area (Å²) in [4.78, 5) is 26.6. The molecule has 0 spiro atoms. The molecular weight excluding hydrogens is 323 g/mol. The fraction of sp³-hybridized carbons (Fsp3) is 0.417. The van der Waals surface area contributed by atoms with Crippen molar-refractivity contribution in [1.82, 2.24) is 4.98 Å². The van der Waals surface area contributed by atoms with E-state index in [1.54, 1.807) is 13.8 Å². The fourth-order valence-electron chi connectivity index (χ4n) is 1.39. The van der Waals surface area contributed by atoms with Gasteiger partial charge < -0.3 is 10.4 Å². The van der Waals surface area contributed by atoms with Crippen LogP contribution in [-0.2, 0) is 9.59 Å². The van der Waals surface area contributed by atoms with Crippen LogP contribution in [0.25, 0.3) is 0 Å². The second kappa shape index (κ2) is 7.71. The number of amides is 1. The van der Waals surface area contributed by atoms with Crippen LogP contribution in [0.5, 0.6) is 0 Å². The molecule has 0 fully saturated rings. The number of rotatable bonds is 6. The van der Waals surface area contributed by atoms with Crippen molar-refractivity contribution in [1.29, 1.82) is 0 Å². The number of carbonyl (C=O) groups is 2. The topological polar surface area (TPSA) is 79.3 Å². The second-order valence-corrected chi connectivity index (χ2v) is 6.32. The first-order valence-corrected chi connectivity index (χ1v) is 7.57. The van der Waals surface area contributed by atoms with Crippen LogP contribution < -0.4 is 5.32 Å². The number of halogens is 2. The van der Waals surface area contributed by atoms with Crippen LogP contribution in [0.3, 0.4) is 0 Å². The summed E-state index contributed by atoms with van der Waals surface area (Å²) in [6.07, 6.45) is 1.37. The molecule has 0 aromatic carbocycles. The van der Waals surface area contributed by atoms with E-state index in [1.807, 2.05) is 0 Å². The first-order valence-electron chi connectivity index (χ1n) is 5.76. The number of pyridine rings is 1. The molecule has 2 N–H and O–H groups in total. The number of nitrogens with zero attached hydrogens (tertiary/aromatic N) is 1. The summed E-state index contributed by atoms with van der Waals surface area (Å²) in [7, 11) is 0. The number of nitrogens with one attached hydrogen (secondary N) is 1. The lowest BCUT2D eigenvalue weighted by Gasteiger charge is -2.15. The Morgan fingerprint density at radius 1 is 1.45 bits per heavy atom. The number of aromatic nitrogens is 1. The average molecular weight is 337 g/mol. The predicted molar refractivity (Wildman–Crippen MR) is 81.6 cm³/mol. The molecule has 1 aromatic heterocycles. The van der Waals surface area contributed by atoms with Crippen molar-refractivity contribution in [2.24, 2.45) is 5.92 Å². The van der Waals surface area contributed by atoms with Crippen molar-refractivity contribution in [2.45, 2.75) is 19.1 Å². The van der Waals surface area contributed by atoms with E-state index < -0.39 is 11.2 Å². The third-order valence-corrected chi connectivity index (χ3v) is 4.34. The van der Waals surface area contributed by atoms with Gasteiger partial charge in [-0.1, -0.05) is 37.0 Å². The van der Waals surface area contributed by atoms with Crippen molar-refractivity contribution in [3.05, 3.63) is 22.3 Å². The van der Waals surface area contributed by atoms with Crippen molar-refractivity contribution in [3.8, 4) is 0 Å². The highest BCUT2D eigenvalue weighted by Gasteiger charge is 2.23. The van der Waals surface area contributed by atoms with Gasteiger partial charge in [0.1, 0.15) is 5.25 Å². The largest absolute Gasteiger partial charge is 0.480 e. The van der Waals surface area contributed by atoms with E-state index in [9.17, 15) is 9.59 Å². The van der Waals surface area contributed by atoms with Crippen molar-refractivity contribution >= 4 is 52.7 Å². The number of aliphatic carboxylic acids is 1. The number of hydrogen-bond acceptors (Lipinski definition) is 4. The standard InChI is InChI=1S/C12H14Cl2N2O3S/c1-6(2)10(12(18)19)20-5-9(17)16-11-8(14)3-7(13)4-15-11/h3-4,6,10H,5H2,1-2H3,(H,18,19)(H,15,16,17). The lowest BCUT2D eigenvalue weighted by atomic mass is 10.1. The van der Waals surface area contributed by atoms with Gasteiger partial charge >= 0.3 is 5.97 Å². The van der Waals surface area contributed by atoms with Crippen LogP contribution in [0.1, 0.15) is 13.8 Å². The number of anilines is 1. The molecule has 0 aliphatic heterocycles. The van der Waals surface area contributed by atoms with Gasteiger partial charge in [-0.2, -0.15) is 0 Å². The van der Waals surface area contributed by atoms with Crippen LogP contribution in [0.2, 0.25) is 10.0 Å². The van der Waals surface area contributed by atoms with Crippen LogP contribution in [0.15, 0.2) is 12.3 Å². The Balaban J connectivity index is 2.57. The zero-order valence-corrected chi connectivity index (χ0v) is 13.2. The van der Waals surface area contributed by atoms with E-state index in [0.29, 0.717) is 5.02 Å². The van der Waals surface area contributed by atoms with E-state index >= 15 is 0 Å². The molecule has 0 radical (unpaired) electrons. The Morgan fingerprint density at radius 3 is 2.60 bits per heavy atom. The summed E-state index contributed by atoms with van der Waals surface area (Å²) in [5, 5.41) is 11.5.